The molecular weight excluding hydrogens is 324 g/mol. The maximum absolute atomic E-state index is 11.9. The van der Waals surface area contributed by atoms with E-state index < -0.39 is 8.32 Å². The van der Waals surface area contributed by atoms with Gasteiger partial charge in [0, 0.05) is 5.92 Å². The summed E-state index contributed by atoms with van der Waals surface area (Å²) in [5, 5.41) is 0.129. The summed E-state index contributed by atoms with van der Waals surface area (Å²) in [6.07, 6.45) is 0.137. The summed E-state index contributed by atoms with van der Waals surface area (Å²) in [5.41, 5.74) is 1.04. The van der Waals surface area contributed by atoms with Crippen LogP contribution in [0.15, 0.2) is 18.2 Å². The first-order chi connectivity index (χ1) is 11.2. The molecule has 1 aromatic rings. The van der Waals surface area contributed by atoms with Crippen LogP contribution in [0.25, 0.3) is 0 Å². The number of fused-ring (bicyclic) bond motifs is 1. The van der Waals surface area contributed by atoms with Crippen molar-refractivity contribution >= 4 is 14.3 Å². The van der Waals surface area contributed by atoms with Gasteiger partial charge in [0.15, 0.2) is 19.8 Å². The fraction of sp³-hybridized carbons (Fsp3) is 0.611. The summed E-state index contributed by atoms with van der Waals surface area (Å²) >= 11 is 0. The lowest BCUT2D eigenvalue weighted by atomic mass is 9.92. The summed E-state index contributed by atoms with van der Waals surface area (Å²) in [4.78, 5) is 11.9. The van der Waals surface area contributed by atoms with Gasteiger partial charge in [0.2, 0.25) is 6.79 Å². The van der Waals surface area contributed by atoms with E-state index in [1.165, 1.54) is 0 Å². The highest BCUT2D eigenvalue weighted by atomic mass is 28.4. The molecule has 0 bridgehead atoms. The molecule has 24 heavy (non-hydrogen) atoms. The number of esters is 1. The van der Waals surface area contributed by atoms with Crippen molar-refractivity contribution in [2.45, 2.75) is 57.3 Å². The van der Waals surface area contributed by atoms with Gasteiger partial charge in [-0.3, -0.25) is 4.79 Å². The number of hydrogen-bond donors (Lipinski definition) is 0. The first kappa shape index (κ1) is 17.3. The quantitative estimate of drug-likeness (QED) is 0.610. The van der Waals surface area contributed by atoms with Crippen molar-refractivity contribution in [1.82, 2.24) is 0 Å². The molecule has 3 rings (SSSR count). The molecule has 5 nitrogen and oxygen atoms in total. The maximum atomic E-state index is 11.9. The van der Waals surface area contributed by atoms with Crippen LogP contribution in [0.5, 0.6) is 11.5 Å². The molecule has 6 heteroatoms. The average Bonchev–Trinajstić information content (AvgIpc) is 3.09. The highest BCUT2D eigenvalue weighted by Gasteiger charge is 2.41. The van der Waals surface area contributed by atoms with Gasteiger partial charge in [0.05, 0.1) is 13.0 Å². The Labute approximate surface area is 144 Å². The van der Waals surface area contributed by atoms with Crippen molar-refractivity contribution in [3.05, 3.63) is 23.8 Å². The van der Waals surface area contributed by atoms with Crippen LogP contribution in [0.3, 0.4) is 0 Å². The van der Waals surface area contributed by atoms with E-state index in [2.05, 4.69) is 33.9 Å². The first-order valence-electron chi connectivity index (χ1n) is 8.40. The van der Waals surface area contributed by atoms with E-state index in [0.717, 1.165) is 17.1 Å². The highest BCUT2D eigenvalue weighted by molar-refractivity contribution is 6.74. The number of ether oxygens (including phenoxy) is 3. The van der Waals surface area contributed by atoms with Crippen LogP contribution in [0, 0.1) is 0 Å². The molecule has 0 aliphatic carbocycles. The lowest BCUT2D eigenvalue weighted by Crippen LogP contribution is -2.43. The molecule has 2 heterocycles. The van der Waals surface area contributed by atoms with Crippen molar-refractivity contribution in [2.75, 3.05) is 13.4 Å². The fourth-order valence-corrected chi connectivity index (χ4v) is 3.76. The molecule has 0 unspecified atom stereocenters. The Hall–Kier alpha value is -1.53. The summed E-state index contributed by atoms with van der Waals surface area (Å²) in [6, 6.07) is 5.83. The van der Waals surface area contributed by atoms with E-state index >= 15 is 0 Å². The normalized spacial score (nSPS) is 23.5. The van der Waals surface area contributed by atoms with Crippen molar-refractivity contribution < 1.29 is 23.4 Å². The zero-order chi connectivity index (χ0) is 17.5. The van der Waals surface area contributed by atoms with Crippen LogP contribution in [-0.2, 0) is 14.0 Å². The minimum Gasteiger partial charge on any atom is -0.459 e. The van der Waals surface area contributed by atoms with Crippen molar-refractivity contribution in [2.24, 2.45) is 0 Å². The van der Waals surface area contributed by atoms with Gasteiger partial charge in [-0.25, -0.2) is 0 Å². The van der Waals surface area contributed by atoms with Crippen LogP contribution in [0.1, 0.15) is 38.7 Å². The third kappa shape index (κ3) is 3.30. The van der Waals surface area contributed by atoms with E-state index in [-0.39, 0.29) is 29.8 Å². The predicted octanol–water partition coefficient (Wildman–Crippen LogP) is 3.84. The summed E-state index contributed by atoms with van der Waals surface area (Å²) in [7, 11) is -1.88. The average molecular weight is 350 g/mol. The van der Waals surface area contributed by atoms with Crippen molar-refractivity contribution in [3.8, 4) is 11.5 Å². The minimum atomic E-state index is -1.88. The molecule has 2 atom stereocenters. The molecule has 0 spiro atoms. The Morgan fingerprint density at radius 3 is 2.62 bits per heavy atom. The van der Waals surface area contributed by atoms with E-state index in [0.29, 0.717) is 13.0 Å². The predicted molar refractivity (Wildman–Crippen MR) is 93.0 cm³/mol. The topological polar surface area (TPSA) is 54.0 Å². The van der Waals surface area contributed by atoms with Crippen LogP contribution in [0.2, 0.25) is 18.1 Å². The van der Waals surface area contributed by atoms with Gasteiger partial charge in [-0.05, 0) is 35.8 Å². The molecule has 1 saturated heterocycles. The van der Waals surface area contributed by atoms with Crippen LogP contribution >= 0.6 is 0 Å². The molecule has 0 amide bonds. The number of benzene rings is 1. The van der Waals surface area contributed by atoms with Crippen LogP contribution < -0.4 is 9.47 Å². The molecule has 1 aromatic carbocycles. The van der Waals surface area contributed by atoms with E-state index in [9.17, 15) is 4.79 Å². The van der Waals surface area contributed by atoms with Crippen molar-refractivity contribution in [1.29, 1.82) is 0 Å². The monoisotopic (exact) mass is 350 g/mol. The first-order valence-corrected chi connectivity index (χ1v) is 11.3. The van der Waals surface area contributed by atoms with Crippen LogP contribution in [0.4, 0.5) is 0 Å². The van der Waals surface area contributed by atoms with Crippen LogP contribution in [-0.4, -0.2) is 33.8 Å². The van der Waals surface area contributed by atoms with Crippen molar-refractivity contribution in [3.63, 3.8) is 0 Å². The lowest BCUT2D eigenvalue weighted by molar-refractivity contribution is -0.142. The summed E-state index contributed by atoms with van der Waals surface area (Å²) < 4.78 is 22.6. The molecule has 0 saturated carbocycles. The highest BCUT2D eigenvalue weighted by Crippen LogP contribution is 2.41. The fourth-order valence-electron chi connectivity index (χ4n) is 2.74. The largest absolute Gasteiger partial charge is 0.459 e. The second-order valence-corrected chi connectivity index (χ2v) is 12.8. The summed E-state index contributed by atoms with van der Waals surface area (Å²) in [5.74, 6) is 1.31. The van der Waals surface area contributed by atoms with Gasteiger partial charge in [0.1, 0.15) is 6.10 Å². The third-order valence-corrected chi connectivity index (χ3v) is 9.86. The van der Waals surface area contributed by atoms with E-state index in [1.54, 1.807) is 0 Å². The van der Waals surface area contributed by atoms with Gasteiger partial charge in [-0.15, -0.1) is 0 Å². The number of carbonyl (C=O) groups is 1. The second kappa shape index (κ2) is 6.08. The second-order valence-electron chi connectivity index (χ2n) is 8.02. The SMILES string of the molecule is CC(C)(C)[Si](C)(C)OC[C@@H]1OC(=O)C[C@H]1c1ccc2c(c1)OCO2. The Morgan fingerprint density at radius 1 is 1.21 bits per heavy atom. The molecule has 132 valence electrons. The Bertz CT molecular complexity index is 635. The van der Waals surface area contributed by atoms with Gasteiger partial charge < -0.3 is 18.6 Å². The Balaban J connectivity index is 1.74. The van der Waals surface area contributed by atoms with E-state index in [1.807, 2.05) is 18.2 Å². The molecule has 2 aliphatic heterocycles. The van der Waals surface area contributed by atoms with Gasteiger partial charge >= 0.3 is 5.97 Å². The molecular formula is C18H26O5Si. The Morgan fingerprint density at radius 2 is 1.92 bits per heavy atom. The van der Waals surface area contributed by atoms with Gasteiger partial charge in [-0.1, -0.05) is 26.8 Å². The number of cyclic esters (lactones) is 1. The standard InChI is InChI=1S/C18H26O5Si/c1-18(2,3)24(4,5)22-10-16-13(9-17(19)23-16)12-6-7-14-15(8-12)21-11-20-14/h6-8,13,16H,9-11H2,1-5H3/t13-,16-/m0/s1. The van der Waals surface area contributed by atoms with Gasteiger partial charge in [-0.2, -0.15) is 0 Å². The van der Waals surface area contributed by atoms with Gasteiger partial charge in [0.25, 0.3) is 0 Å². The number of rotatable bonds is 4. The third-order valence-electron chi connectivity index (χ3n) is 5.36. The molecule has 2 aliphatic rings. The maximum Gasteiger partial charge on any atom is 0.306 e. The molecule has 1 fully saturated rings. The molecule has 0 aromatic heterocycles. The summed E-state index contributed by atoms with van der Waals surface area (Å²) in [6.45, 7) is 11.7. The number of carbonyl (C=O) groups excluding carboxylic acids is 1. The minimum absolute atomic E-state index is 0.00299. The Kier molecular flexibility index (Phi) is 4.38. The molecule has 0 N–H and O–H groups in total. The zero-order valence-electron chi connectivity index (χ0n) is 15.0. The molecule has 0 radical (unpaired) electrons. The van der Waals surface area contributed by atoms with E-state index in [4.69, 9.17) is 18.6 Å². The zero-order valence-corrected chi connectivity index (χ0v) is 16.0. The number of hydrogen-bond acceptors (Lipinski definition) is 5. The smallest absolute Gasteiger partial charge is 0.306 e. The lowest BCUT2D eigenvalue weighted by Gasteiger charge is -2.37.